The monoisotopic (exact) mass is 277 g/mol. The molecule has 4 nitrogen and oxygen atoms in total. The van der Waals surface area contributed by atoms with E-state index >= 15 is 0 Å². The maximum atomic E-state index is 5.74. The molecule has 0 aliphatic rings. The highest BCUT2D eigenvalue weighted by Crippen LogP contribution is 2.01. The number of nitrogens with one attached hydrogen (secondary N) is 1. The van der Waals surface area contributed by atoms with Crippen molar-refractivity contribution in [2.45, 2.75) is 39.2 Å². The molecule has 1 aromatic carbocycles. The van der Waals surface area contributed by atoms with E-state index < -0.39 is 0 Å². The van der Waals surface area contributed by atoms with Gasteiger partial charge in [-0.2, -0.15) is 0 Å². The Bertz CT molecular complexity index is 365. The van der Waals surface area contributed by atoms with Crippen LogP contribution in [0.1, 0.15) is 38.2 Å². The second-order valence-electron chi connectivity index (χ2n) is 4.79. The maximum absolute atomic E-state index is 5.74. The fourth-order valence-corrected chi connectivity index (χ4v) is 1.73. The lowest BCUT2D eigenvalue weighted by atomic mass is 10.2. The Morgan fingerprint density at radius 2 is 2.00 bits per heavy atom. The second kappa shape index (κ2) is 11.3. The summed E-state index contributed by atoms with van der Waals surface area (Å²) in [6, 6.07) is 10.2. The number of nitrogens with zero attached hydrogens (tertiary/aromatic N) is 1. The van der Waals surface area contributed by atoms with Crippen LogP contribution in [0.3, 0.4) is 0 Å². The van der Waals surface area contributed by atoms with Gasteiger partial charge in [0.25, 0.3) is 0 Å². The fourth-order valence-electron chi connectivity index (χ4n) is 1.73. The third kappa shape index (κ3) is 8.53. The van der Waals surface area contributed by atoms with Gasteiger partial charge in [-0.3, -0.25) is 4.99 Å². The molecule has 0 aliphatic carbocycles. The molecule has 0 saturated carbocycles. The first kappa shape index (κ1) is 16.5. The van der Waals surface area contributed by atoms with Crippen molar-refractivity contribution in [3.63, 3.8) is 0 Å². The van der Waals surface area contributed by atoms with Crippen molar-refractivity contribution in [2.24, 2.45) is 10.7 Å². The summed E-state index contributed by atoms with van der Waals surface area (Å²) in [5.74, 6) is 0.559. The Morgan fingerprint density at radius 1 is 1.20 bits per heavy atom. The van der Waals surface area contributed by atoms with Gasteiger partial charge in [0.15, 0.2) is 5.96 Å². The van der Waals surface area contributed by atoms with E-state index in [0.29, 0.717) is 12.6 Å². The third-order valence-corrected chi connectivity index (χ3v) is 2.93. The summed E-state index contributed by atoms with van der Waals surface area (Å²) in [6.45, 7) is 5.29. The van der Waals surface area contributed by atoms with Gasteiger partial charge in [-0.15, -0.1) is 0 Å². The van der Waals surface area contributed by atoms with Gasteiger partial charge in [0.05, 0.1) is 6.61 Å². The van der Waals surface area contributed by atoms with Crippen molar-refractivity contribution < 1.29 is 4.74 Å². The molecule has 0 bridgehead atoms. The van der Waals surface area contributed by atoms with E-state index in [-0.39, 0.29) is 0 Å². The number of hydrogen-bond acceptors (Lipinski definition) is 2. The number of rotatable bonds is 10. The number of aliphatic imine (C=N–C) groups is 1. The number of guanidine groups is 1. The summed E-state index contributed by atoms with van der Waals surface area (Å²) >= 11 is 0. The second-order valence-corrected chi connectivity index (χ2v) is 4.79. The summed E-state index contributed by atoms with van der Waals surface area (Å²) in [6.07, 6.45) is 4.31. The fraction of sp³-hybridized carbons (Fsp3) is 0.562. The summed E-state index contributed by atoms with van der Waals surface area (Å²) in [5.41, 5.74) is 6.96. The number of benzene rings is 1. The van der Waals surface area contributed by atoms with Crippen LogP contribution in [0.15, 0.2) is 35.3 Å². The van der Waals surface area contributed by atoms with Gasteiger partial charge in [-0.05, 0) is 24.8 Å². The molecule has 3 N–H and O–H groups in total. The molecule has 1 aromatic rings. The standard InChI is InChI=1S/C16H27N3O/c1-2-3-11-18-16(17)19-12-7-8-13-20-14-15-9-5-4-6-10-15/h4-6,9-10H,2-3,7-8,11-14H2,1H3,(H3,17,18,19). The Hall–Kier alpha value is -1.55. The minimum absolute atomic E-state index is 0.559. The van der Waals surface area contributed by atoms with Crippen LogP contribution < -0.4 is 11.1 Å². The molecule has 0 fully saturated rings. The molecular weight excluding hydrogens is 250 g/mol. The van der Waals surface area contributed by atoms with Crippen molar-refractivity contribution in [1.82, 2.24) is 5.32 Å². The van der Waals surface area contributed by atoms with E-state index in [1.54, 1.807) is 0 Å². The van der Waals surface area contributed by atoms with E-state index in [2.05, 4.69) is 29.4 Å². The Kier molecular flexibility index (Phi) is 9.32. The SMILES string of the molecule is CCCCNC(N)=NCCCCOCc1ccccc1. The predicted octanol–water partition coefficient (Wildman–Crippen LogP) is 2.69. The highest BCUT2D eigenvalue weighted by Gasteiger charge is 1.93. The van der Waals surface area contributed by atoms with E-state index in [9.17, 15) is 0 Å². The van der Waals surface area contributed by atoms with E-state index in [4.69, 9.17) is 10.5 Å². The molecule has 20 heavy (non-hydrogen) atoms. The molecule has 4 heteroatoms. The molecule has 112 valence electrons. The molecule has 0 aromatic heterocycles. The van der Waals surface area contributed by atoms with Crippen molar-refractivity contribution in [2.75, 3.05) is 19.7 Å². The van der Waals surface area contributed by atoms with Gasteiger partial charge in [-0.25, -0.2) is 0 Å². The van der Waals surface area contributed by atoms with Gasteiger partial charge < -0.3 is 15.8 Å². The summed E-state index contributed by atoms with van der Waals surface area (Å²) in [7, 11) is 0. The van der Waals surface area contributed by atoms with Gasteiger partial charge >= 0.3 is 0 Å². The topological polar surface area (TPSA) is 59.6 Å². The number of ether oxygens (including phenoxy) is 1. The van der Waals surface area contributed by atoms with Gasteiger partial charge in [-0.1, -0.05) is 43.7 Å². The van der Waals surface area contributed by atoms with Crippen LogP contribution >= 0.6 is 0 Å². The summed E-state index contributed by atoms with van der Waals surface area (Å²) in [5, 5.41) is 3.10. The molecule has 0 saturated heterocycles. The Morgan fingerprint density at radius 3 is 2.75 bits per heavy atom. The zero-order valence-electron chi connectivity index (χ0n) is 12.5. The molecule has 1 rings (SSSR count). The van der Waals surface area contributed by atoms with Crippen LogP contribution in [0.4, 0.5) is 0 Å². The lowest BCUT2D eigenvalue weighted by Gasteiger charge is -2.05. The zero-order chi connectivity index (χ0) is 14.5. The van der Waals surface area contributed by atoms with Gasteiger partial charge in [0.1, 0.15) is 0 Å². The molecule has 0 heterocycles. The van der Waals surface area contributed by atoms with Gasteiger partial charge in [0, 0.05) is 19.7 Å². The molecule has 0 aliphatic heterocycles. The summed E-state index contributed by atoms with van der Waals surface area (Å²) < 4.78 is 5.61. The summed E-state index contributed by atoms with van der Waals surface area (Å²) in [4.78, 5) is 4.28. The molecule has 0 radical (unpaired) electrons. The first-order valence-electron chi connectivity index (χ1n) is 7.48. The number of hydrogen-bond donors (Lipinski definition) is 2. The minimum Gasteiger partial charge on any atom is -0.377 e. The number of nitrogens with two attached hydrogens (primary N) is 1. The molecule has 0 unspecified atom stereocenters. The zero-order valence-corrected chi connectivity index (χ0v) is 12.5. The van der Waals surface area contributed by atoms with Crippen LogP contribution in [-0.2, 0) is 11.3 Å². The van der Waals surface area contributed by atoms with Gasteiger partial charge in [0.2, 0.25) is 0 Å². The molecule has 0 atom stereocenters. The van der Waals surface area contributed by atoms with Crippen molar-refractivity contribution >= 4 is 5.96 Å². The lowest BCUT2D eigenvalue weighted by Crippen LogP contribution is -2.32. The normalized spacial score (nSPS) is 11.6. The van der Waals surface area contributed by atoms with Crippen LogP contribution in [0.2, 0.25) is 0 Å². The van der Waals surface area contributed by atoms with E-state index in [1.165, 1.54) is 12.0 Å². The first-order valence-corrected chi connectivity index (χ1v) is 7.48. The first-order chi connectivity index (χ1) is 9.83. The van der Waals surface area contributed by atoms with Crippen LogP contribution in [0.5, 0.6) is 0 Å². The lowest BCUT2D eigenvalue weighted by molar-refractivity contribution is 0.117. The van der Waals surface area contributed by atoms with Crippen LogP contribution in [0.25, 0.3) is 0 Å². The smallest absolute Gasteiger partial charge is 0.188 e. The molecular formula is C16H27N3O. The van der Waals surface area contributed by atoms with Crippen molar-refractivity contribution in [3.8, 4) is 0 Å². The van der Waals surface area contributed by atoms with Crippen molar-refractivity contribution in [3.05, 3.63) is 35.9 Å². The predicted molar refractivity (Wildman–Crippen MR) is 84.7 cm³/mol. The highest BCUT2D eigenvalue weighted by molar-refractivity contribution is 5.77. The van der Waals surface area contributed by atoms with E-state index in [1.807, 2.05) is 18.2 Å². The average molecular weight is 277 g/mol. The highest BCUT2D eigenvalue weighted by atomic mass is 16.5. The van der Waals surface area contributed by atoms with Crippen LogP contribution in [0, 0.1) is 0 Å². The largest absolute Gasteiger partial charge is 0.377 e. The van der Waals surface area contributed by atoms with E-state index in [0.717, 1.165) is 39.0 Å². The Labute approximate surface area is 122 Å². The minimum atomic E-state index is 0.559. The average Bonchev–Trinajstić information content (AvgIpc) is 2.47. The maximum Gasteiger partial charge on any atom is 0.188 e. The third-order valence-electron chi connectivity index (χ3n) is 2.93. The Balaban J connectivity index is 1.95. The molecule has 0 amide bonds. The number of unbranched alkanes of at least 4 members (excludes halogenated alkanes) is 2. The van der Waals surface area contributed by atoms with Crippen LogP contribution in [-0.4, -0.2) is 25.7 Å². The quantitative estimate of drug-likeness (QED) is 0.393. The van der Waals surface area contributed by atoms with Crippen molar-refractivity contribution in [1.29, 1.82) is 0 Å². The molecule has 0 spiro atoms.